The number of urea groups is 1. The Morgan fingerprint density at radius 3 is 2.55 bits per heavy atom. The maximum Gasteiger partial charge on any atom is 0.326 e. The molecule has 0 spiro atoms. The van der Waals surface area contributed by atoms with E-state index < -0.39 is 12.0 Å². The molecule has 0 radical (unpaired) electrons. The highest BCUT2D eigenvalue weighted by molar-refractivity contribution is 5.85. The van der Waals surface area contributed by atoms with Crippen molar-refractivity contribution in [1.29, 1.82) is 0 Å². The highest BCUT2D eigenvalue weighted by atomic mass is 16.4. The van der Waals surface area contributed by atoms with Gasteiger partial charge in [-0.2, -0.15) is 0 Å². The predicted octanol–water partition coefficient (Wildman–Crippen LogP) is 0.359. The summed E-state index contributed by atoms with van der Waals surface area (Å²) in [4.78, 5) is 38.0. The molecule has 7 heteroatoms. The standard InChI is InChI=1S/C13H23N3O4/c1-4-10(12(18)19)14-11(17)9-6-5-7-16(8-9)13(20)15(2)3/h9-10H,4-8H2,1-3H3,(H,14,17)(H,18,19). The zero-order chi connectivity index (χ0) is 15.3. The van der Waals surface area contributed by atoms with Crippen LogP contribution < -0.4 is 5.32 Å². The number of likely N-dealkylation sites (tertiary alicyclic amines) is 1. The molecule has 1 rings (SSSR count). The average Bonchev–Trinajstić information content (AvgIpc) is 2.43. The van der Waals surface area contributed by atoms with Crippen LogP contribution in [0.1, 0.15) is 26.2 Å². The molecule has 0 aromatic carbocycles. The molecule has 2 atom stereocenters. The van der Waals surface area contributed by atoms with Crippen LogP contribution >= 0.6 is 0 Å². The van der Waals surface area contributed by atoms with Crippen molar-refractivity contribution in [2.45, 2.75) is 32.2 Å². The Labute approximate surface area is 118 Å². The lowest BCUT2D eigenvalue weighted by molar-refractivity contribution is -0.142. The summed E-state index contributed by atoms with van der Waals surface area (Å²) < 4.78 is 0. The summed E-state index contributed by atoms with van der Waals surface area (Å²) in [5.41, 5.74) is 0. The molecule has 0 saturated carbocycles. The van der Waals surface area contributed by atoms with Gasteiger partial charge in [-0.05, 0) is 19.3 Å². The molecular weight excluding hydrogens is 262 g/mol. The minimum Gasteiger partial charge on any atom is -0.480 e. The molecule has 1 aliphatic heterocycles. The van der Waals surface area contributed by atoms with E-state index in [-0.39, 0.29) is 17.9 Å². The van der Waals surface area contributed by atoms with Crippen LogP contribution in [0.15, 0.2) is 0 Å². The monoisotopic (exact) mass is 285 g/mol. The lowest BCUT2D eigenvalue weighted by Gasteiger charge is -2.34. The molecule has 114 valence electrons. The number of carboxylic acids is 1. The molecule has 7 nitrogen and oxygen atoms in total. The molecule has 0 aromatic rings. The Bertz CT molecular complexity index is 384. The largest absolute Gasteiger partial charge is 0.480 e. The van der Waals surface area contributed by atoms with Gasteiger partial charge in [0.25, 0.3) is 0 Å². The van der Waals surface area contributed by atoms with Gasteiger partial charge in [0.05, 0.1) is 5.92 Å². The third-order valence-electron chi connectivity index (χ3n) is 3.47. The molecule has 1 heterocycles. The van der Waals surface area contributed by atoms with Crippen molar-refractivity contribution in [3.8, 4) is 0 Å². The molecule has 20 heavy (non-hydrogen) atoms. The van der Waals surface area contributed by atoms with Crippen molar-refractivity contribution in [3.63, 3.8) is 0 Å². The molecule has 0 bridgehead atoms. The zero-order valence-corrected chi connectivity index (χ0v) is 12.3. The van der Waals surface area contributed by atoms with Gasteiger partial charge in [-0.25, -0.2) is 9.59 Å². The number of rotatable bonds is 4. The third kappa shape index (κ3) is 4.11. The normalized spacial score (nSPS) is 20.1. The maximum atomic E-state index is 12.1. The molecule has 3 amide bonds. The van der Waals surface area contributed by atoms with E-state index >= 15 is 0 Å². The number of carbonyl (C=O) groups excluding carboxylic acids is 2. The maximum absolute atomic E-state index is 12.1. The van der Waals surface area contributed by atoms with Gasteiger partial charge in [-0.3, -0.25) is 4.79 Å². The van der Waals surface area contributed by atoms with Crippen molar-refractivity contribution in [1.82, 2.24) is 15.1 Å². The Balaban J connectivity index is 2.60. The van der Waals surface area contributed by atoms with Gasteiger partial charge in [0.1, 0.15) is 6.04 Å². The highest BCUT2D eigenvalue weighted by Crippen LogP contribution is 2.18. The Kier molecular flexibility index (Phi) is 5.79. The fourth-order valence-corrected chi connectivity index (χ4v) is 2.28. The number of nitrogens with one attached hydrogen (secondary N) is 1. The van der Waals surface area contributed by atoms with Crippen molar-refractivity contribution in [3.05, 3.63) is 0 Å². The van der Waals surface area contributed by atoms with Crippen molar-refractivity contribution in [2.75, 3.05) is 27.2 Å². The van der Waals surface area contributed by atoms with Crippen LogP contribution in [-0.4, -0.2) is 66.0 Å². The summed E-state index contributed by atoms with van der Waals surface area (Å²) in [5.74, 6) is -1.64. The van der Waals surface area contributed by atoms with E-state index in [1.54, 1.807) is 25.9 Å². The second kappa shape index (κ2) is 7.12. The highest BCUT2D eigenvalue weighted by Gasteiger charge is 2.30. The molecule has 2 N–H and O–H groups in total. The number of amides is 3. The molecule has 1 aliphatic rings. The first-order valence-corrected chi connectivity index (χ1v) is 6.86. The van der Waals surface area contributed by atoms with Gasteiger partial charge in [0.2, 0.25) is 5.91 Å². The zero-order valence-electron chi connectivity index (χ0n) is 12.3. The number of carbonyl (C=O) groups is 3. The molecule has 1 saturated heterocycles. The number of piperidine rings is 1. The van der Waals surface area contributed by atoms with E-state index in [1.165, 1.54) is 4.90 Å². The van der Waals surface area contributed by atoms with Crippen LogP contribution in [0, 0.1) is 5.92 Å². The van der Waals surface area contributed by atoms with Crippen molar-refractivity contribution < 1.29 is 19.5 Å². The summed E-state index contributed by atoms with van der Waals surface area (Å²) in [5, 5.41) is 11.5. The number of carboxylic acid groups (broad SMARTS) is 1. The molecule has 0 aromatic heterocycles. The quantitative estimate of drug-likeness (QED) is 0.780. The summed E-state index contributed by atoms with van der Waals surface area (Å²) >= 11 is 0. The second-order valence-electron chi connectivity index (χ2n) is 5.27. The number of hydrogen-bond donors (Lipinski definition) is 2. The van der Waals surface area contributed by atoms with Gasteiger partial charge >= 0.3 is 12.0 Å². The minimum atomic E-state index is -1.03. The Morgan fingerprint density at radius 1 is 1.40 bits per heavy atom. The van der Waals surface area contributed by atoms with Crippen molar-refractivity contribution in [2.24, 2.45) is 5.92 Å². The second-order valence-corrected chi connectivity index (χ2v) is 5.27. The predicted molar refractivity (Wildman–Crippen MR) is 73.2 cm³/mol. The first-order valence-electron chi connectivity index (χ1n) is 6.86. The summed E-state index contributed by atoms with van der Waals surface area (Å²) in [6.45, 7) is 2.69. The number of hydrogen-bond acceptors (Lipinski definition) is 3. The van der Waals surface area contributed by atoms with E-state index in [9.17, 15) is 14.4 Å². The molecule has 1 fully saturated rings. The number of nitrogens with zero attached hydrogens (tertiary/aromatic N) is 2. The van der Waals surface area contributed by atoms with Crippen LogP contribution in [0.25, 0.3) is 0 Å². The fraction of sp³-hybridized carbons (Fsp3) is 0.769. The summed E-state index contributed by atoms with van der Waals surface area (Å²) in [6.07, 6.45) is 1.77. The molecule has 2 unspecified atom stereocenters. The number of aliphatic carboxylic acids is 1. The lowest BCUT2D eigenvalue weighted by atomic mass is 9.97. The fourth-order valence-electron chi connectivity index (χ4n) is 2.28. The SMILES string of the molecule is CCC(NC(=O)C1CCCN(C(=O)N(C)C)C1)C(=O)O. The van der Waals surface area contributed by atoms with Gasteiger partial charge < -0.3 is 20.2 Å². The van der Waals surface area contributed by atoms with E-state index in [0.29, 0.717) is 25.9 Å². The van der Waals surface area contributed by atoms with Crippen LogP contribution in [0.5, 0.6) is 0 Å². The Hall–Kier alpha value is -1.79. The smallest absolute Gasteiger partial charge is 0.326 e. The lowest BCUT2D eigenvalue weighted by Crippen LogP contribution is -2.50. The van der Waals surface area contributed by atoms with E-state index in [0.717, 1.165) is 6.42 Å². The van der Waals surface area contributed by atoms with Gasteiger partial charge in [0, 0.05) is 27.2 Å². The molecule has 0 aliphatic carbocycles. The van der Waals surface area contributed by atoms with E-state index in [1.807, 2.05) is 0 Å². The van der Waals surface area contributed by atoms with E-state index in [2.05, 4.69) is 5.32 Å². The first kappa shape index (κ1) is 16.3. The van der Waals surface area contributed by atoms with Crippen LogP contribution in [-0.2, 0) is 9.59 Å². The van der Waals surface area contributed by atoms with E-state index in [4.69, 9.17) is 5.11 Å². The summed E-state index contributed by atoms with van der Waals surface area (Å²) in [6, 6.07) is -0.977. The summed E-state index contributed by atoms with van der Waals surface area (Å²) in [7, 11) is 3.34. The van der Waals surface area contributed by atoms with Crippen LogP contribution in [0.4, 0.5) is 4.79 Å². The van der Waals surface area contributed by atoms with Gasteiger partial charge in [0.15, 0.2) is 0 Å². The topological polar surface area (TPSA) is 90.0 Å². The first-order chi connectivity index (χ1) is 9.36. The van der Waals surface area contributed by atoms with Gasteiger partial charge in [-0.15, -0.1) is 0 Å². The van der Waals surface area contributed by atoms with Crippen molar-refractivity contribution >= 4 is 17.9 Å². The molecular formula is C13H23N3O4. The van der Waals surface area contributed by atoms with Crippen LogP contribution in [0.2, 0.25) is 0 Å². The van der Waals surface area contributed by atoms with Gasteiger partial charge in [-0.1, -0.05) is 6.92 Å². The Morgan fingerprint density at radius 2 is 2.05 bits per heavy atom. The minimum absolute atomic E-state index is 0.118. The average molecular weight is 285 g/mol. The van der Waals surface area contributed by atoms with Crippen LogP contribution in [0.3, 0.4) is 0 Å². The third-order valence-corrected chi connectivity index (χ3v) is 3.47.